The van der Waals surface area contributed by atoms with Crippen molar-refractivity contribution in [3.63, 3.8) is 0 Å². The van der Waals surface area contributed by atoms with Crippen LogP contribution in [0.1, 0.15) is 95.3 Å². The first-order chi connectivity index (χ1) is 38.2. The van der Waals surface area contributed by atoms with Crippen molar-refractivity contribution < 1.29 is 62.1 Å². The summed E-state index contributed by atoms with van der Waals surface area (Å²) >= 11 is 0. The summed E-state index contributed by atoms with van der Waals surface area (Å²) in [6.07, 6.45) is 5.07. The van der Waals surface area contributed by atoms with Crippen LogP contribution in [-0.2, 0) is 59.7 Å². The van der Waals surface area contributed by atoms with E-state index in [-0.39, 0.29) is 75.6 Å². The molecule has 5 aliphatic heterocycles. The van der Waals surface area contributed by atoms with Gasteiger partial charge in [-0.1, -0.05) is 36.4 Å². The second-order valence-corrected chi connectivity index (χ2v) is 19.6. The Balaban J connectivity index is 0.828. The Hall–Kier alpha value is -9.40. The second-order valence-electron chi connectivity index (χ2n) is 19.6. The third kappa shape index (κ3) is 11.2. The first-order valence-corrected chi connectivity index (χ1v) is 25.9. The molecule has 1 fully saturated rings. The first-order valence-electron chi connectivity index (χ1n) is 25.9. The SMILES string of the molecule is COc1cc2c(cc1OCc1cc(COc3cc4c(cc3OC)C(=O)N3c5ccccc5C[C@H]3C=N4)cc(NC(=O)[C@H](C)NC(=O)[C@H](C)NC(=O)CCCCC(=O)ON3C(=O)CCC3=O)c1)N=C[C@@H]1Cc3ccccc3N1C2=O. The highest BCUT2D eigenvalue weighted by atomic mass is 16.7. The number of nitrogens with one attached hydrogen (secondary N) is 3. The van der Waals surface area contributed by atoms with Gasteiger partial charge in [0.2, 0.25) is 17.7 Å². The zero-order chi connectivity index (χ0) is 55.5. The lowest BCUT2D eigenvalue weighted by molar-refractivity contribution is -0.197. The van der Waals surface area contributed by atoms with Crippen LogP contribution in [-0.4, -0.2) is 103 Å². The highest BCUT2D eigenvalue weighted by Crippen LogP contribution is 2.43. The van der Waals surface area contributed by atoms with Crippen molar-refractivity contribution in [1.82, 2.24) is 15.7 Å². The van der Waals surface area contributed by atoms with E-state index in [1.807, 2.05) is 54.6 Å². The van der Waals surface area contributed by atoms with Gasteiger partial charge in [-0.15, -0.1) is 5.06 Å². The van der Waals surface area contributed by atoms with Crippen LogP contribution in [0.2, 0.25) is 0 Å². The fraction of sp³-hybridized carbons (Fsp3) is 0.310. The molecule has 21 nitrogen and oxygen atoms in total. The monoisotopic (exact) mass is 1070 g/mol. The third-order valence-corrected chi connectivity index (χ3v) is 14.1. The molecule has 0 aliphatic carbocycles. The summed E-state index contributed by atoms with van der Waals surface area (Å²) in [6, 6.07) is 24.7. The number of rotatable bonds is 19. The average molecular weight is 1070 g/mol. The van der Waals surface area contributed by atoms with Crippen LogP contribution in [0.4, 0.5) is 28.4 Å². The molecule has 5 heterocycles. The van der Waals surface area contributed by atoms with Gasteiger partial charge in [-0.05, 0) is 91.4 Å². The molecule has 0 spiro atoms. The minimum Gasteiger partial charge on any atom is -0.493 e. The van der Waals surface area contributed by atoms with Crippen LogP contribution >= 0.6 is 0 Å². The largest absolute Gasteiger partial charge is 0.493 e. The molecule has 0 unspecified atom stereocenters. The summed E-state index contributed by atoms with van der Waals surface area (Å²) < 4.78 is 24.3. The Kier molecular flexibility index (Phi) is 15.2. The van der Waals surface area contributed by atoms with Crippen molar-refractivity contribution in [3.05, 3.63) is 124 Å². The molecule has 3 N–H and O–H groups in total. The van der Waals surface area contributed by atoms with E-state index in [1.165, 1.54) is 28.1 Å². The van der Waals surface area contributed by atoms with Gasteiger partial charge in [0.05, 0.1) is 48.8 Å². The number of benzene rings is 5. The molecule has 1 saturated heterocycles. The maximum Gasteiger partial charge on any atom is 0.333 e. The molecular weight excluding hydrogens is 1020 g/mol. The Morgan fingerprint density at radius 1 is 0.608 bits per heavy atom. The molecule has 0 radical (unpaired) electrons. The number of para-hydroxylation sites is 2. The minimum absolute atomic E-state index is 0.0238. The van der Waals surface area contributed by atoms with Gasteiger partial charge >= 0.3 is 5.97 Å². The molecule has 79 heavy (non-hydrogen) atoms. The molecule has 21 heteroatoms. The van der Waals surface area contributed by atoms with Crippen molar-refractivity contribution in [2.45, 2.75) is 103 Å². The lowest BCUT2D eigenvalue weighted by Crippen LogP contribution is -2.50. The number of fused-ring (bicyclic) bond motifs is 8. The van der Waals surface area contributed by atoms with E-state index in [4.69, 9.17) is 33.8 Å². The number of nitrogens with zero attached hydrogens (tertiary/aromatic N) is 5. The number of hydrogen-bond acceptors (Lipinski definition) is 15. The standard InChI is InChI=1S/C58H56N8O13/c1-32(61-51(67)15-9-10-16-54(70)79-66-52(68)17-18-53(66)69)55(71)62-33(2)56(72)63-38-20-34(30-77-49-26-43-41(24-47(49)75-3)57(73)64-39(28-59-43)22-36-11-5-7-13-45(36)64)19-35(21-38)31-78-50-27-44-42(25-48(50)76-4)58(74)65-40(29-60-44)23-37-12-6-8-14-46(37)65/h5-8,11-14,19-21,24-29,32-33,39-40H,9-10,15-18,22-23,30-31H2,1-4H3,(H,61,67)(H,62,71)(H,63,72)/t32-,33-,39-,40-/m0/s1. The summed E-state index contributed by atoms with van der Waals surface area (Å²) in [5.41, 5.74) is 6.77. The molecule has 4 atom stereocenters. The minimum atomic E-state index is -1.08. The number of amides is 7. The number of hydrogen-bond donors (Lipinski definition) is 3. The molecule has 0 aromatic heterocycles. The van der Waals surface area contributed by atoms with Crippen LogP contribution < -0.4 is 44.7 Å². The molecule has 0 saturated carbocycles. The van der Waals surface area contributed by atoms with Crippen molar-refractivity contribution in [3.8, 4) is 23.0 Å². The molecular formula is C58H56N8O13. The van der Waals surface area contributed by atoms with Crippen molar-refractivity contribution in [1.29, 1.82) is 0 Å². The Morgan fingerprint density at radius 2 is 1.10 bits per heavy atom. The van der Waals surface area contributed by atoms with Gasteiger partial charge in [-0.3, -0.25) is 53.3 Å². The number of imide groups is 1. The van der Waals surface area contributed by atoms with Gasteiger partial charge in [0, 0.05) is 80.1 Å². The Bertz CT molecular complexity index is 3220. The molecule has 5 aromatic carbocycles. The number of anilines is 3. The van der Waals surface area contributed by atoms with E-state index in [0.717, 1.165) is 22.5 Å². The number of carbonyl (C=O) groups excluding carboxylic acids is 8. The van der Waals surface area contributed by atoms with Gasteiger partial charge in [0.15, 0.2) is 23.0 Å². The number of hydroxylamine groups is 2. The third-order valence-electron chi connectivity index (χ3n) is 14.1. The molecule has 7 amide bonds. The molecule has 5 aliphatic rings. The number of methoxy groups -OCH3 is 2. The molecule has 406 valence electrons. The summed E-state index contributed by atoms with van der Waals surface area (Å²) in [5, 5.41) is 8.57. The number of carbonyl (C=O) groups is 8. The maximum atomic E-state index is 14.1. The van der Waals surface area contributed by atoms with Crippen LogP contribution in [0.5, 0.6) is 23.0 Å². The predicted molar refractivity (Wildman–Crippen MR) is 288 cm³/mol. The van der Waals surface area contributed by atoms with Crippen LogP contribution in [0, 0.1) is 0 Å². The maximum absolute atomic E-state index is 14.1. The van der Waals surface area contributed by atoms with Crippen molar-refractivity contribution >= 4 is 88.2 Å². The predicted octanol–water partition coefficient (Wildman–Crippen LogP) is 6.55. The molecule has 5 aromatic rings. The van der Waals surface area contributed by atoms with Gasteiger partial charge in [0.1, 0.15) is 25.3 Å². The van der Waals surface area contributed by atoms with E-state index < -0.39 is 47.6 Å². The van der Waals surface area contributed by atoms with Crippen LogP contribution in [0.3, 0.4) is 0 Å². The molecule has 0 bridgehead atoms. The zero-order valence-electron chi connectivity index (χ0n) is 43.7. The number of unbranched alkanes of at least 4 members (excludes halogenated alkanes) is 1. The topological polar surface area (TPSA) is 253 Å². The summed E-state index contributed by atoms with van der Waals surface area (Å²) in [5.74, 6) is -2.87. The highest BCUT2D eigenvalue weighted by molar-refractivity contribution is 6.16. The second kappa shape index (κ2) is 22.7. The van der Waals surface area contributed by atoms with E-state index in [0.29, 0.717) is 80.2 Å². The summed E-state index contributed by atoms with van der Waals surface area (Å²) in [7, 11) is 2.95. The lowest BCUT2D eigenvalue weighted by atomic mass is 10.1. The Morgan fingerprint density at radius 3 is 1.62 bits per heavy atom. The fourth-order valence-corrected chi connectivity index (χ4v) is 10.1. The van der Waals surface area contributed by atoms with E-state index in [9.17, 15) is 38.4 Å². The number of aliphatic imine (C=N–C) groups is 2. The van der Waals surface area contributed by atoms with E-state index >= 15 is 0 Å². The zero-order valence-corrected chi connectivity index (χ0v) is 43.7. The van der Waals surface area contributed by atoms with E-state index in [2.05, 4.69) is 16.0 Å². The lowest BCUT2D eigenvalue weighted by Gasteiger charge is -2.22. The summed E-state index contributed by atoms with van der Waals surface area (Å²) in [6.45, 7) is 2.84. The highest BCUT2D eigenvalue weighted by Gasteiger charge is 2.39. The van der Waals surface area contributed by atoms with Crippen LogP contribution in [0.15, 0.2) is 101 Å². The van der Waals surface area contributed by atoms with Crippen molar-refractivity contribution in [2.75, 3.05) is 29.3 Å². The van der Waals surface area contributed by atoms with Gasteiger partial charge < -0.3 is 39.7 Å². The fourth-order valence-electron chi connectivity index (χ4n) is 10.1. The normalized spacial score (nSPS) is 17.2. The Labute approximate surface area is 453 Å². The molecule has 10 rings (SSSR count). The van der Waals surface area contributed by atoms with Gasteiger partial charge in [-0.2, -0.15) is 0 Å². The smallest absolute Gasteiger partial charge is 0.333 e. The van der Waals surface area contributed by atoms with Gasteiger partial charge in [-0.25, -0.2) is 4.79 Å². The van der Waals surface area contributed by atoms with Crippen molar-refractivity contribution in [2.24, 2.45) is 9.98 Å². The van der Waals surface area contributed by atoms with E-state index in [1.54, 1.807) is 58.6 Å². The average Bonchev–Trinajstić information content (AvgIpc) is 4.29. The summed E-state index contributed by atoms with van der Waals surface area (Å²) in [4.78, 5) is 121. The number of ether oxygens (including phenoxy) is 4. The van der Waals surface area contributed by atoms with Crippen LogP contribution in [0.25, 0.3) is 0 Å². The first kappa shape index (κ1) is 53.0. The quantitative estimate of drug-likeness (QED) is 0.0587. The van der Waals surface area contributed by atoms with Gasteiger partial charge in [0.25, 0.3) is 23.6 Å².